The number of nitrogens with zero attached hydrogens (tertiary/aromatic N) is 2. The molecule has 29 heavy (non-hydrogen) atoms. The molecule has 1 amide bonds. The van der Waals surface area contributed by atoms with Crippen molar-refractivity contribution in [1.29, 1.82) is 5.26 Å². The molecule has 0 bridgehead atoms. The predicted octanol–water partition coefficient (Wildman–Crippen LogP) is 2.26. The molecule has 0 atom stereocenters. The Morgan fingerprint density at radius 1 is 1.14 bits per heavy atom. The van der Waals surface area contributed by atoms with Gasteiger partial charge in [-0.3, -0.25) is 9.59 Å². The monoisotopic (exact) mass is 390 g/mol. The summed E-state index contributed by atoms with van der Waals surface area (Å²) in [6.45, 7) is -0.848. The van der Waals surface area contributed by atoms with E-state index in [9.17, 15) is 20.0 Å². The van der Waals surface area contributed by atoms with Crippen molar-refractivity contribution in [3.05, 3.63) is 71.7 Å². The number of para-hydroxylation sites is 2. The van der Waals surface area contributed by atoms with Gasteiger partial charge in [0.1, 0.15) is 24.8 Å². The topological polar surface area (TPSA) is 128 Å². The van der Waals surface area contributed by atoms with E-state index in [1.54, 1.807) is 18.2 Å². The maximum Gasteiger partial charge on any atom is 0.325 e. The summed E-state index contributed by atoms with van der Waals surface area (Å²) in [5, 5.41) is 21.9. The molecule has 0 aliphatic heterocycles. The summed E-state index contributed by atoms with van der Waals surface area (Å²) >= 11 is 0. The quantitative estimate of drug-likeness (QED) is 0.322. The number of nitriles is 1. The lowest BCUT2D eigenvalue weighted by molar-refractivity contribution is -0.143. The third-order valence-electron chi connectivity index (χ3n) is 4.03. The van der Waals surface area contributed by atoms with Crippen LogP contribution in [0.15, 0.2) is 60.4 Å². The second kappa shape index (κ2) is 9.19. The van der Waals surface area contributed by atoms with Crippen LogP contribution in [-0.4, -0.2) is 40.1 Å². The number of carbonyl (C=O) groups excluding carboxylic acids is 2. The number of imidazole rings is 1. The number of ether oxygens (including phenoxy) is 1. The highest BCUT2D eigenvalue weighted by Gasteiger charge is 2.15. The minimum atomic E-state index is -0.736. The first-order valence-electron chi connectivity index (χ1n) is 8.80. The van der Waals surface area contributed by atoms with Gasteiger partial charge in [0, 0.05) is 0 Å². The number of fused-ring (bicyclic) bond motifs is 1. The maximum absolute atomic E-state index is 11.8. The molecule has 0 fully saturated rings. The van der Waals surface area contributed by atoms with E-state index in [-0.39, 0.29) is 30.3 Å². The summed E-state index contributed by atoms with van der Waals surface area (Å²) in [6.07, 6.45) is 0.143. The smallest absolute Gasteiger partial charge is 0.325 e. The molecule has 0 saturated heterocycles. The van der Waals surface area contributed by atoms with Crippen LogP contribution in [0.1, 0.15) is 11.4 Å². The molecule has 0 unspecified atom stereocenters. The molecule has 146 valence electrons. The first kappa shape index (κ1) is 19.6. The van der Waals surface area contributed by atoms with Crippen molar-refractivity contribution in [3.63, 3.8) is 0 Å². The normalized spacial score (nSPS) is 11.4. The number of H-pyrrole nitrogens is 1. The zero-order valence-electron chi connectivity index (χ0n) is 15.4. The van der Waals surface area contributed by atoms with Crippen molar-refractivity contribution >= 4 is 28.5 Å². The number of allylic oxidation sites excluding steroid dienone is 1. The number of aliphatic hydroxyl groups is 1. The van der Waals surface area contributed by atoms with Crippen LogP contribution in [0, 0.1) is 11.3 Å². The number of esters is 1. The predicted molar refractivity (Wildman–Crippen MR) is 105 cm³/mol. The lowest BCUT2D eigenvalue weighted by Gasteiger charge is -2.07. The number of benzene rings is 2. The van der Waals surface area contributed by atoms with Gasteiger partial charge in [0.25, 0.3) is 0 Å². The highest BCUT2D eigenvalue weighted by atomic mass is 16.5. The van der Waals surface area contributed by atoms with Crippen LogP contribution in [0.3, 0.4) is 0 Å². The van der Waals surface area contributed by atoms with Crippen molar-refractivity contribution in [1.82, 2.24) is 15.3 Å². The molecule has 8 heteroatoms. The summed E-state index contributed by atoms with van der Waals surface area (Å²) in [4.78, 5) is 30.8. The van der Waals surface area contributed by atoms with Gasteiger partial charge in [-0.1, -0.05) is 42.5 Å². The van der Waals surface area contributed by atoms with Crippen molar-refractivity contribution in [2.24, 2.45) is 0 Å². The summed E-state index contributed by atoms with van der Waals surface area (Å²) in [7, 11) is 0. The Morgan fingerprint density at radius 3 is 2.59 bits per heavy atom. The molecular formula is C21H18N4O4. The fraction of sp³-hybridized carbons (Fsp3) is 0.143. The van der Waals surface area contributed by atoms with Gasteiger partial charge in [0.2, 0.25) is 5.91 Å². The number of nitrogens with one attached hydrogen (secondary N) is 2. The number of hydrogen-bond donors (Lipinski definition) is 3. The number of rotatable bonds is 7. The summed E-state index contributed by atoms with van der Waals surface area (Å²) in [6, 6.07) is 18.1. The molecule has 1 aromatic heterocycles. The van der Waals surface area contributed by atoms with Crippen LogP contribution in [0.2, 0.25) is 0 Å². The molecule has 3 N–H and O–H groups in total. The van der Waals surface area contributed by atoms with E-state index in [4.69, 9.17) is 4.74 Å². The Hall–Kier alpha value is -4.12. The molecule has 3 rings (SSSR count). The van der Waals surface area contributed by atoms with Crippen LogP contribution in [0.25, 0.3) is 16.6 Å². The lowest BCUT2D eigenvalue weighted by atomic mass is 10.1. The van der Waals surface area contributed by atoms with E-state index < -0.39 is 18.3 Å². The number of amides is 1. The molecule has 0 radical (unpaired) electrons. The standard InChI is InChI=1S/C21H18N4O4/c22-11-15(21-24-16-8-4-5-9-17(16)25-21)18(26)13-29-20(28)12-23-19(27)10-14-6-2-1-3-7-14/h1-9,26H,10,12-13H2,(H,23,27)(H,24,25)/b18-15-. The van der Waals surface area contributed by atoms with E-state index in [0.717, 1.165) is 5.56 Å². The average molecular weight is 390 g/mol. The Balaban J connectivity index is 1.54. The minimum Gasteiger partial charge on any atom is -0.507 e. The maximum atomic E-state index is 11.8. The van der Waals surface area contributed by atoms with Crippen LogP contribution in [0.4, 0.5) is 0 Å². The summed E-state index contributed by atoms with van der Waals surface area (Å²) in [5.41, 5.74) is 2.05. The number of carbonyl (C=O) groups is 2. The molecule has 0 saturated carbocycles. The van der Waals surface area contributed by atoms with E-state index in [1.165, 1.54) is 0 Å². The van der Waals surface area contributed by atoms with Crippen molar-refractivity contribution < 1.29 is 19.4 Å². The molecule has 8 nitrogen and oxygen atoms in total. The van der Waals surface area contributed by atoms with Gasteiger partial charge in [-0.15, -0.1) is 0 Å². The zero-order chi connectivity index (χ0) is 20.6. The Morgan fingerprint density at radius 2 is 1.86 bits per heavy atom. The minimum absolute atomic E-state index is 0.123. The third kappa shape index (κ3) is 5.20. The van der Waals surface area contributed by atoms with E-state index >= 15 is 0 Å². The van der Waals surface area contributed by atoms with Crippen LogP contribution < -0.4 is 5.32 Å². The van der Waals surface area contributed by atoms with Crippen LogP contribution in [-0.2, 0) is 20.7 Å². The van der Waals surface area contributed by atoms with Crippen molar-refractivity contribution in [3.8, 4) is 6.07 Å². The SMILES string of the molecule is N#C/C(=C(/O)COC(=O)CNC(=O)Cc1ccccc1)c1nc2ccccc2[nH]1. The average Bonchev–Trinajstić information content (AvgIpc) is 3.15. The van der Waals surface area contributed by atoms with E-state index in [2.05, 4.69) is 15.3 Å². The van der Waals surface area contributed by atoms with Gasteiger partial charge in [0.05, 0.1) is 17.5 Å². The third-order valence-corrected chi connectivity index (χ3v) is 4.03. The van der Waals surface area contributed by atoms with Crippen LogP contribution >= 0.6 is 0 Å². The highest BCUT2D eigenvalue weighted by Crippen LogP contribution is 2.18. The second-order valence-electron chi connectivity index (χ2n) is 6.14. The van der Waals surface area contributed by atoms with Crippen LogP contribution in [0.5, 0.6) is 0 Å². The molecule has 0 aliphatic rings. The van der Waals surface area contributed by atoms with Gasteiger partial charge < -0.3 is 20.1 Å². The number of aromatic amines is 1. The first-order valence-corrected chi connectivity index (χ1v) is 8.80. The van der Waals surface area contributed by atoms with Gasteiger partial charge in [-0.25, -0.2) is 4.98 Å². The van der Waals surface area contributed by atoms with Crippen molar-refractivity contribution in [2.75, 3.05) is 13.2 Å². The lowest BCUT2D eigenvalue weighted by Crippen LogP contribution is -2.32. The fourth-order valence-corrected chi connectivity index (χ4v) is 2.61. The number of aliphatic hydroxyl groups excluding tert-OH is 1. The van der Waals surface area contributed by atoms with E-state index in [1.807, 2.05) is 42.5 Å². The number of hydrogen-bond acceptors (Lipinski definition) is 6. The van der Waals surface area contributed by atoms with Gasteiger partial charge in [-0.2, -0.15) is 5.26 Å². The molecular weight excluding hydrogens is 372 g/mol. The van der Waals surface area contributed by atoms with E-state index in [0.29, 0.717) is 11.0 Å². The molecule has 1 heterocycles. The molecule has 3 aromatic rings. The molecule has 0 spiro atoms. The zero-order valence-corrected chi connectivity index (χ0v) is 15.4. The van der Waals surface area contributed by atoms with Gasteiger partial charge in [-0.05, 0) is 17.7 Å². The van der Waals surface area contributed by atoms with Crippen molar-refractivity contribution in [2.45, 2.75) is 6.42 Å². The summed E-state index contributed by atoms with van der Waals surface area (Å²) < 4.78 is 4.93. The summed E-state index contributed by atoms with van der Waals surface area (Å²) in [5.74, 6) is -1.32. The Bertz CT molecular complexity index is 1060. The fourth-order valence-electron chi connectivity index (χ4n) is 2.61. The largest absolute Gasteiger partial charge is 0.507 e. The highest BCUT2D eigenvalue weighted by molar-refractivity contribution is 5.84. The van der Waals surface area contributed by atoms with Gasteiger partial charge in [0.15, 0.2) is 11.6 Å². The first-order chi connectivity index (χ1) is 14.1. The number of aromatic nitrogens is 2. The second-order valence-corrected chi connectivity index (χ2v) is 6.14. The molecule has 2 aromatic carbocycles. The Labute approximate surface area is 166 Å². The molecule has 0 aliphatic carbocycles. The van der Waals surface area contributed by atoms with Gasteiger partial charge >= 0.3 is 5.97 Å². The Kier molecular flexibility index (Phi) is 6.22.